The summed E-state index contributed by atoms with van der Waals surface area (Å²) in [5.41, 5.74) is 14.3. The maximum atomic E-state index is 11.8. The molecule has 0 radical (unpaired) electrons. The summed E-state index contributed by atoms with van der Waals surface area (Å²) in [5, 5.41) is 3.49. The molecular weight excluding hydrogens is 627 g/mol. The molecule has 12 heteroatoms. The summed E-state index contributed by atoms with van der Waals surface area (Å²) in [6.07, 6.45) is 6.06. The average molecular weight is 658 g/mol. The summed E-state index contributed by atoms with van der Waals surface area (Å²) in [4.78, 5) is 9.90. The van der Waals surface area contributed by atoms with E-state index < -0.39 is 10.0 Å². The van der Waals surface area contributed by atoms with E-state index in [1.54, 1.807) is 18.3 Å². The molecule has 3 aromatic carbocycles. The van der Waals surface area contributed by atoms with Gasteiger partial charge < -0.3 is 11.1 Å². The molecule has 0 spiro atoms. The standard InChI is InChI=1S/C31H28N6O2S.3ClH/c1-40(38,39)36-23-15-11-20(12-16-23)27-28(21-9-13-22(14-10-21)31(32)17-5-18-31)37-26-8-4-19-33-29(26)34-25-7-3-2-6-24(25)30(37)35-27;;;/h2-4,6-16,19,36H,5,17-18,32H2,1H3,(H,33,34);3*1H. The summed E-state index contributed by atoms with van der Waals surface area (Å²) >= 11 is 0. The molecule has 1 aliphatic carbocycles. The third-order valence-corrected chi connectivity index (χ3v) is 8.37. The minimum atomic E-state index is -3.39. The Bertz CT molecular complexity index is 1870. The Kier molecular flexibility index (Phi) is 9.16. The van der Waals surface area contributed by atoms with E-state index in [4.69, 9.17) is 10.7 Å². The Labute approximate surface area is 269 Å². The topological polar surface area (TPSA) is 115 Å². The van der Waals surface area contributed by atoms with Crippen LogP contribution in [0.15, 0.2) is 91.1 Å². The number of nitrogens with two attached hydrogens (primary N) is 1. The van der Waals surface area contributed by atoms with Gasteiger partial charge in [0.15, 0.2) is 5.82 Å². The van der Waals surface area contributed by atoms with Crippen LogP contribution in [0.1, 0.15) is 24.8 Å². The third kappa shape index (κ3) is 5.83. The highest BCUT2D eigenvalue weighted by molar-refractivity contribution is 7.92. The molecule has 2 aromatic heterocycles. The zero-order chi connectivity index (χ0) is 27.5. The van der Waals surface area contributed by atoms with Crippen LogP contribution < -0.4 is 15.8 Å². The molecule has 0 unspecified atom stereocenters. The van der Waals surface area contributed by atoms with Gasteiger partial charge in [0.2, 0.25) is 10.0 Å². The van der Waals surface area contributed by atoms with Crippen LogP contribution >= 0.6 is 37.2 Å². The van der Waals surface area contributed by atoms with Gasteiger partial charge in [0.1, 0.15) is 5.82 Å². The molecule has 1 saturated carbocycles. The maximum Gasteiger partial charge on any atom is 0.229 e. The third-order valence-electron chi connectivity index (χ3n) is 7.77. The molecular formula is C31H31Cl3N6O2S. The van der Waals surface area contributed by atoms with Gasteiger partial charge >= 0.3 is 0 Å². The fourth-order valence-electron chi connectivity index (χ4n) is 5.61. The SMILES string of the molecule is CS(=O)(=O)Nc1ccc(-c2nc3n(c2-c2ccc(C4(N)CCC4)cc2)-c2cccnc2Nc2ccccc2-3)cc1.Cl.Cl.Cl. The fraction of sp³-hybridized carbons (Fsp3) is 0.161. The van der Waals surface area contributed by atoms with Crippen molar-refractivity contribution >= 4 is 64.4 Å². The minimum Gasteiger partial charge on any atom is -0.338 e. The predicted molar refractivity (Wildman–Crippen MR) is 181 cm³/mol. The van der Waals surface area contributed by atoms with Crippen molar-refractivity contribution < 1.29 is 8.42 Å². The summed E-state index contributed by atoms with van der Waals surface area (Å²) < 4.78 is 28.2. The van der Waals surface area contributed by atoms with E-state index in [1.165, 1.54) is 0 Å². The van der Waals surface area contributed by atoms with Crippen molar-refractivity contribution in [3.8, 4) is 39.6 Å². The highest BCUT2D eigenvalue weighted by Gasteiger charge is 2.34. The van der Waals surface area contributed by atoms with E-state index in [1.807, 2.05) is 42.5 Å². The first-order valence-electron chi connectivity index (χ1n) is 13.2. The highest BCUT2D eigenvalue weighted by atomic mass is 35.5. The molecule has 224 valence electrons. The Morgan fingerprint density at radius 2 is 1.56 bits per heavy atom. The highest BCUT2D eigenvalue weighted by Crippen LogP contribution is 2.45. The van der Waals surface area contributed by atoms with Crippen LogP contribution in [0, 0.1) is 0 Å². The number of pyridine rings is 1. The van der Waals surface area contributed by atoms with Crippen LogP contribution in [0.5, 0.6) is 0 Å². The first-order valence-corrected chi connectivity index (χ1v) is 15.1. The number of fused-ring (bicyclic) bond motifs is 5. The Hall–Kier alpha value is -3.60. The number of hydrogen-bond donors (Lipinski definition) is 3. The normalized spacial score (nSPS) is 14.0. The average Bonchev–Trinajstić information content (AvgIpc) is 3.26. The molecule has 4 N–H and O–H groups in total. The van der Waals surface area contributed by atoms with Crippen molar-refractivity contribution in [3.05, 3.63) is 96.7 Å². The van der Waals surface area contributed by atoms with E-state index in [0.717, 1.165) is 82.2 Å². The molecule has 0 atom stereocenters. The van der Waals surface area contributed by atoms with E-state index in [9.17, 15) is 8.42 Å². The second-order valence-electron chi connectivity index (χ2n) is 10.5. The molecule has 8 nitrogen and oxygen atoms in total. The van der Waals surface area contributed by atoms with Gasteiger partial charge in [-0.2, -0.15) is 0 Å². The van der Waals surface area contributed by atoms with Gasteiger partial charge in [0, 0.05) is 34.1 Å². The number of halogens is 3. The molecule has 0 saturated heterocycles. The van der Waals surface area contributed by atoms with E-state index in [0.29, 0.717) is 5.69 Å². The predicted octanol–water partition coefficient (Wildman–Crippen LogP) is 7.30. The van der Waals surface area contributed by atoms with E-state index >= 15 is 0 Å². The second kappa shape index (κ2) is 12.2. The Morgan fingerprint density at radius 3 is 2.21 bits per heavy atom. The number of nitrogens with one attached hydrogen (secondary N) is 2. The van der Waals surface area contributed by atoms with Gasteiger partial charge in [-0.3, -0.25) is 9.29 Å². The van der Waals surface area contributed by atoms with Crippen molar-refractivity contribution in [1.29, 1.82) is 0 Å². The van der Waals surface area contributed by atoms with Gasteiger partial charge in [-0.15, -0.1) is 37.2 Å². The number of benzene rings is 3. The van der Waals surface area contributed by atoms with E-state index in [2.05, 4.69) is 49.9 Å². The van der Waals surface area contributed by atoms with Gasteiger partial charge in [-0.05, 0) is 61.2 Å². The lowest BCUT2D eigenvalue weighted by atomic mass is 9.72. The minimum absolute atomic E-state index is 0. The molecule has 7 rings (SSSR count). The lowest BCUT2D eigenvalue weighted by Gasteiger charge is -2.38. The van der Waals surface area contributed by atoms with Gasteiger partial charge in [0.25, 0.3) is 0 Å². The number of nitrogens with zero attached hydrogens (tertiary/aromatic N) is 3. The number of sulfonamides is 1. The van der Waals surface area contributed by atoms with Gasteiger partial charge in [-0.1, -0.05) is 48.5 Å². The Morgan fingerprint density at radius 1 is 0.884 bits per heavy atom. The zero-order valence-corrected chi connectivity index (χ0v) is 26.4. The number of anilines is 3. The smallest absolute Gasteiger partial charge is 0.229 e. The first kappa shape index (κ1) is 32.3. The lowest BCUT2D eigenvalue weighted by Crippen LogP contribution is -2.43. The van der Waals surface area contributed by atoms with Crippen molar-refractivity contribution in [1.82, 2.24) is 14.5 Å². The van der Waals surface area contributed by atoms with E-state index in [-0.39, 0.29) is 42.8 Å². The van der Waals surface area contributed by atoms with Crippen molar-refractivity contribution in [2.75, 3.05) is 16.3 Å². The van der Waals surface area contributed by atoms with Crippen molar-refractivity contribution in [2.45, 2.75) is 24.8 Å². The molecule has 1 fully saturated rings. The van der Waals surface area contributed by atoms with Crippen LogP contribution in [0.3, 0.4) is 0 Å². The quantitative estimate of drug-likeness (QED) is 0.179. The largest absolute Gasteiger partial charge is 0.338 e. The van der Waals surface area contributed by atoms with Crippen LogP contribution in [0.4, 0.5) is 17.2 Å². The number of imidazole rings is 1. The van der Waals surface area contributed by atoms with Crippen molar-refractivity contribution in [3.63, 3.8) is 0 Å². The molecule has 2 aliphatic rings. The van der Waals surface area contributed by atoms with Crippen molar-refractivity contribution in [2.24, 2.45) is 5.73 Å². The van der Waals surface area contributed by atoms with Crippen LogP contribution in [-0.2, 0) is 15.6 Å². The molecule has 0 bridgehead atoms. The summed E-state index contributed by atoms with van der Waals surface area (Å²) in [7, 11) is -3.39. The Balaban J connectivity index is 0.00000141. The summed E-state index contributed by atoms with van der Waals surface area (Å²) in [5.74, 6) is 1.52. The monoisotopic (exact) mass is 656 g/mol. The van der Waals surface area contributed by atoms with Crippen LogP contribution in [0.25, 0.3) is 39.6 Å². The molecule has 1 aliphatic heterocycles. The summed E-state index contributed by atoms with van der Waals surface area (Å²) in [6, 6.07) is 27.8. The summed E-state index contributed by atoms with van der Waals surface area (Å²) in [6.45, 7) is 0. The van der Waals surface area contributed by atoms with Gasteiger partial charge in [-0.25, -0.2) is 18.4 Å². The second-order valence-corrected chi connectivity index (χ2v) is 12.3. The first-order chi connectivity index (χ1) is 19.3. The molecule has 3 heterocycles. The lowest BCUT2D eigenvalue weighted by molar-refractivity contribution is 0.253. The van der Waals surface area contributed by atoms with Gasteiger partial charge in [0.05, 0.1) is 29.0 Å². The number of aromatic nitrogens is 3. The number of hydrogen-bond acceptors (Lipinski definition) is 6. The number of rotatable bonds is 5. The maximum absolute atomic E-state index is 11.8. The van der Waals surface area contributed by atoms with Crippen LogP contribution in [0.2, 0.25) is 0 Å². The fourth-order valence-corrected chi connectivity index (χ4v) is 6.17. The van der Waals surface area contributed by atoms with Crippen LogP contribution in [-0.4, -0.2) is 29.2 Å². The zero-order valence-electron chi connectivity index (χ0n) is 23.2. The molecule has 0 amide bonds. The number of para-hydroxylation sites is 1. The molecule has 43 heavy (non-hydrogen) atoms. The molecule has 5 aromatic rings.